The van der Waals surface area contributed by atoms with Crippen molar-refractivity contribution < 1.29 is 14.7 Å². The van der Waals surface area contributed by atoms with Crippen LogP contribution in [-0.2, 0) is 6.54 Å². The smallest absolute Gasteiger partial charge is 0.335 e. The highest BCUT2D eigenvalue weighted by Gasteiger charge is 2.08. The Bertz CT molecular complexity index is 549. The van der Waals surface area contributed by atoms with Gasteiger partial charge in [-0.2, -0.15) is 5.21 Å². The second-order valence-electron chi connectivity index (χ2n) is 3.39. The Hall–Kier alpha value is -2.77. The van der Waals surface area contributed by atoms with Crippen LogP contribution >= 0.6 is 0 Å². The van der Waals surface area contributed by atoms with Gasteiger partial charge in [0, 0.05) is 5.56 Å². The molecule has 2 rings (SSSR count). The van der Waals surface area contributed by atoms with Gasteiger partial charge in [-0.25, -0.2) is 4.79 Å². The van der Waals surface area contributed by atoms with Gasteiger partial charge in [0.15, 0.2) is 5.82 Å². The monoisotopic (exact) mass is 247 g/mol. The first kappa shape index (κ1) is 11.7. The second kappa shape index (κ2) is 5.04. The zero-order valence-corrected chi connectivity index (χ0v) is 9.12. The summed E-state index contributed by atoms with van der Waals surface area (Å²) in [4.78, 5) is 22.3. The lowest BCUT2D eigenvalue weighted by molar-refractivity contribution is 0.0696. The molecular weight excluding hydrogens is 238 g/mol. The standard InChI is InChI=1S/C10H9N5O3/c16-9(11-5-8-12-14-15-13-8)6-1-3-7(4-2-6)10(17)18/h1-4H,5H2,(H,11,16)(H,17,18)(H,12,13,14,15). The molecular formula is C10H9N5O3. The molecule has 1 heterocycles. The van der Waals surface area contributed by atoms with Gasteiger partial charge < -0.3 is 10.4 Å². The minimum Gasteiger partial charge on any atom is -0.478 e. The molecule has 1 aromatic carbocycles. The van der Waals surface area contributed by atoms with Crippen molar-refractivity contribution in [3.8, 4) is 0 Å². The number of rotatable bonds is 4. The maximum absolute atomic E-state index is 11.7. The Morgan fingerprint density at radius 2 is 1.89 bits per heavy atom. The average Bonchev–Trinajstić information content (AvgIpc) is 2.89. The van der Waals surface area contributed by atoms with Crippen LogP contribution in [0.3, 0.4) is 0 Å². The number of hydrogen-bond acceptors (Lipinski definition) is 5. The minimum absolute atomic E-state index is 0.129. The van der Waals surface area contributed by atoms with Crippen LogP contribution < -0.4 is 5.32 Å². The van der Waals surface area contributed by atoms with Crippen LogP contribution in [0.4, 0.5) is 0 Å². The van der Waals surface area contributed by atoms with Crippen LogP contribution in [0, 0.1) is 0 Å². The van der Waals surface area contributed by atoms with E-state index in [0.29, 0.717) is 11.4 Å². The number of carboxylic acid groups (broad SMARTS) is 1. The number of aromatic amines is 1. The largest absolute Gasteiger partial charge is 0.478 e. The molecule has 8 heteroatoms. The summed E-state index contributed by atoms with van der Waals surface area (Å²) in [5, 5.41) is 24.3. The molecule has 0 radical (unpaired) electrons. The topological polar surface area (TPSA) is 121 Å². The highest BCUT2D eigenvalue weighted by atomic mass is 16.4. The highest BCUT2D eigenvalue weighted by Crippen LogP contribution is 2.04. The molecule has 2 aromatic rings. The van der Waals surface area contributed by atoms with Crippen molar-refractivity contribution in [3.05, 3.63) is 41.2 Å². The predicted molar refractivity (Wildman–Crippen MR) is 58.7 cm³/mol. The molecule has 0 aliphatic rings. The molecule has 0 fully saturated rings. The van der Waals surface area contributed by atoms with Gasteiger partial charge in [-0.15, -0.1) is 10.2 Å². The van der Waals surface area contributed by atoms with Crippen molar-refractivity contribution >= 4 is 11.9 Å². The van der Waals surface area contributed by atoms with Crippen LogP contribution in [0.5, 0.6) is 0 Å². The van der Waals surface area contributed by atoms with Gasteiger partial charge in [-0.1, -0.05) is 5.21 Å². The summed E-state index contributed by atoms with van der Waals surface area (Å²) in [6.45, 7) is 0.149. The van der Waals surface area contributed by atoms with Gasteiger partial charge in [0.2, 0.25) is 0 Å². The third-order valence-corrected chi connectivity index (χ3v) is 2.19. The van der Waals surface area contributed by atoms with E-state index in [9.17, 15) is 9.59 Å². The summed E-state index contributed by atoms with van der Waals surface area (Å²) in [6, 6.07) is 5.61. The quantitative estimate of drug-likeness (QED) is 0.689. The second-order valence-corrected chi connectivity index (χ2v) is 3.39. The molecule has 1 aromatic heterocycles. The van der Waals surface area contributed by atoms with E-state index in [1.165, 1.54) is 24.3 Å². The summed E-state index contributed by atoms with van der Waals surface area (Å²) in [5.41, 5.74) is 0.494. The number of carbonyl (C=O) groups is 2. The Morgan fingerprint density at radius 3 is 2.44 bits per heavy atom. The fourth-order valence-corrected chi connectivity index (χ4v) is 1.28. The third-order valence-electron chi connectivity index (χ3n) is 2.19. The van der Waals surface area contributed by atoms with Crippen LogP contribution in [0.1, 0.15) is 26.5 Å². The number of carboxylic acids is 1. The number of amides is 1. The van der Waals surface area contributed by atoms with Gasteiger partial charge in [0.1, 0.15) is 0 Å². The average molecular weight is 247 g/mol. The summed E-state index contributed by atoms with van der Waals surface area (Å²) in [5.74, 6) is -1.00. The van der Waals surface area contributed by atoms with Crippen LogP contribution in [-0.4, -0.2) is 37.6 Å². The van der Waals surface area contributed by atoms with E-state index in [-0.39, 0.29) is 18.0 Å². The fourth-order valence-electron chi connectivity index (χ4n) is 1.28. The van der Waals surface area contributed by atoms with E-state index in [1.807, 2.05) is 0 Å². The zero-order valence-electron chi connectivity index (χ0n) is 9.12. The molecule has 0 aliphatic heterocycles. The molecule has 0 atom stereocenters. The van der Waals surface area contributed by atoms with Crippen molar-refractivity contribution in [3.63, 3.8) is 0 Å². The maximum atomic E-state index is 11.7. The van der Waals surface area contributed by atoms with Crippen molar-refractivity contribution in [2.45, 2.75) is 6.54 Å². The molecule has 8 nitrogen and oxygen atoms in total. The number of hydrogen-bond donors (Lipinski definition) is 3. The number of carbonyl (C=O) groups excluding carboxylic acids is 1. The number of nitrogens with one attached hydrogen (secondary N) is 2. The molecule has 0 aliphatic carbocycles. The lowest BCUT2D eigenvalue weighted by Crippen LogP contribution is -2.23. The van der Waals surface area contributed by atoms with E-state index in [1.54, 1.807) is 0 Å². The summed E-state index contributed by atoms with van der Waals surface area (Å²) in [7, 11) is 0. The first-order valence-electron chi connectivity index (χ1n) is 5.00. The van der Waals surface area contributed by atoms with Crippen LogP contribution in [0.2, 0.25) is 0 Å². The molecule has 3 N–H and O–H groups in total. The van der Waals surface area contributed by atoms with Crippen molar-refractivity contribution in [1.29, 1.82) is 0 Å². The summed E-state index contributed by atoms with van der Waals surface area (Å²) < 4.78 is 0. The maximum Gasteiger partial charge on any atom is 0.335 e. The Kier molecular flexibility index (Phi) is 3.28. The molecule has 1 amide bonds. The normalized spacial score (nSPS) is 10.0. The molecule has 0 unspecified atom stereocenters. The van der Waals surface area contributed by atoms with Crippen molar-refractivity contribution in [2.24, 2.45) is 0 Å². The number of aromatic carboxylic acids is 1. The Balaban J connectivity index is 1.98. The van der Waals surface area contributed by atoms with Gasteiger partial charge >= 0.3 is 5.97 Å². The van der Waals surface area contributed by atoms with Crippen LogP contribution in [0.25, 0.3) is 0 Å². The van der Waals surface area contributed by atoms with E-state index in [4.69, 9.17) is 5.11 Å². The third kappa shape index (κ3) is 2.67. The van der Waals surface area contributed by atoms with Crippen LogP contribution in [0.15, 0.2) is 24.3 Å². The number of tetrazole rings is 1. The molecule has 0 saturated carbocycles. The molecule has 0 saturated heterocycles. The van der Waals surface area contributed by atoms with E-state index in [2.05, 4.69) is 25.9 Å². The van der Waals surface area contributed by atoms with E-state index in [0.717, 1.165) is 0 Å². The molecule has 92 valence electrons. The zero-order chi connectivity index (χ0) is 13.0. The molecule has 0 spiro atoms. The van der Waals surface area contributed by atoms with Crippen molar-refractivity contribution in [1.82, 2.24) is 25.9 Å². The SMILES string of the molecule is O=C(O)c1ccc(C(=O)NCc2nn[nH]n2)cc1. The molecule has 0 bridgehead atoms. The van der Waals surface area contributed by atoms with Gasteiger partial charge in [0.25, 0.3) is 5.91 Å². The Morgan fingerprint density at radius 1 is 1.22 bits per heavy atom. The minimum atomic E-state index is -1.03. The van der Waals surface area contributed by atoms with E-state index < -0.39 is 5.97 Å². The predicted octanol–water partition coefficient (Wildman–Crippen LogP) is -0.172. The Labute approximate surface area is 101 Å². The van der Waals surface area contributed by atoms with E-state index >= 15 is 0 Å². The lowest BCUT2D eigenvalue weighted by atomic mass is 10.1. The fraction of sp³-hybridized carbons (Fsp3) is 0.100. The van der Waals surface area contributed by atoms with Gasteiger partial charge in [-0.05, 0) is 24.3 Å². The number of nitrogens with zero attached hydrogens (tertiary/aromatic N) is 3. The first-order valence-corrected chi connectivity index (χ1v) is 5.00. The van der Waals surface area contributed by atoms with Gasteiger partial charge in [0.05, 0.1) is 12.1 Å². The number of aromatic nitrogens is 4. The molecule has 18 heavy (non-hydrogen) atoms. The number of H-pyrrole nitrogens is 1. The first-order chi connectivity index (χ1) is 8.66. The van der Waals surface area contributed by atoms with Gasteiger partial charge in [-0.3, -0.25) is 4.79 Å². The lowest BCUT2D eigenvalue weighted by Gasteiger charge is -2.02. The summed E-state index contributed by atoms with van der Waals surface area (Å²) >= 11 is 0. The number of benzene rings is 1. The van der Waals surface area contributed by atoms with Crippen molar-refractivity contribution in [2.75, 3.05) is 0 Å². The highest BCUT2D eigenvalue weighted by molar-refractivity contribution is 5.95. The summed E-state index contributed by atoms with van der Waals surface area (Å²) in [6.07, 6.45) is 0.